The van der Waals surface area contributed by atoms with Crippen molar-refractivity contribution in [3.63, 3.8) is 0 Å². The van der Waals surface area contributed by atoms with Crippen molar-refractivity contribution in [1.29, 1.82) is 0 Å². The fourth-order valence-corrected chi connectivity index (χ4v) is 0.622. The van der Waals surface area contributed by atoms with E-state index in [4.69, 9.17) is 20.7 Å². The molecule has 0 unspecified atom stereocenters. The molecule has 0 aliphatic heterocycles. The predicted octanol–water partition coefficient (Wildman–Crippen LogP) is -0.0491. The molecule has 0 spiro atoms. The molecule has 0 aromatic heterocycles. The van der Waals surface area contributed by atoms with E-state index in [-0.39, 0.29) is 5.91 Å². The quantitative estimate of drug-likeness (QED) is 0.500. The highest BCUT2D eigenvalue weighted by Crippen LogP contribution is 1.83. The Kier molecular flexibility index (Phi) is 24.7. The molecule has 0 aliphatic rings. The Balaban J connectivity index is -0.000000237. The lowest BCUT2D eigenvalue weighted by atomic mass is 10.3. The Morgan fingerprint density at radius 2 is 1.69 bits per heavy atom. The molecule has 0 fully saturated rings. The number of unbranched alkanes of at least 4 members (excludes halogenated alkanes) is 1. The number of carbonyl (C=O) groups excluding carboxylic acids is 1. The van der Waals surface area contributed by atoms with E-state index in [1.165, 1.54) is 0 Å². The van der Waals surface area contributed by atoms with E-state index in [0.29, 0.717) is 13.0 Å². The molecule has 98 valence electrons. The molecule has 1 amide bonds. The molecule has 0 atom stereocenters. The van der Waals surface area contributed by atoms with E-state index in [1.807, 2.05) is 6.92 Å². The zero-order valence-corrected chi connectivity index (χ0v) is 10.3. The van der Waals surface area contributed by atoms with E-state index in [0.717, 1.165) is 33.4 Å². The number of rotatable bonds is 5. The van der Waals surface area contributed by atoms with Crippen molar-refractivity contribution in [3.05, 3.63) is 0 Å². The molecule has 6 heteroatoms. The summed E-state index contributed by atoms with van der Waals surface area (Å²) in [6.07, 6.45) is 2.55. The van der Waals surface area contributed by atoms with Gasteiger partial charge in [-0.05, 0) is 19.4 Å². The van der Waals surface area contributed by atoms with Gasteiger partial charge >= 0.3 is 0 Å². The number of aliphatic carboxylic acids is 1. The van der Waals surface area contributed by atoms with Crippen molar-refractivity contribution in [2.45, 2.75) is 33.1 Å². The first-order valence-corrected chi connectivity index (χ1v) is 5.15. The number of aliphatic hydroxyl groups excluding tert-OH is 1. The molecule has 0 saturated heterocycles. The number of carboxylic acids is 1. The fourth-order valence-electron chi connectivity index (χ4n) is 0.622. The van der Waals surface area contributed by atoms with Gasteiger partial charge < -0.3 is 21.3 Å². The summed E-state index contributed by atoms with van der Waals surface area (Å²) in [6.45, 7) is 4.41. The summed E-state index contributed by atoms with van der Waals surface area (Å²) in [5, 5.41) is 17.2. The largest absolute Gasteiger partial charge is 0.481 e. The lowest BCUT2D eigenvalue weighted by molar-refractivity contribution is -0.134. The van der Waals surface area contributed by atoms with E-state index in [2.05, 4.69) is 5.32 Å². The molecule has 0 aromatic rings. The average molecular weight is 236 g/mol. The number of aliphatic hydroxyl groups is 1. The number of nitrogens with one attached hydrogen (secondary N) is 1. The number of amides is 1. The zero-order chi connectivity index (χ0) is 13.4. The highest BCUT2D eigenvalue weighted by Gasteiger charge is 1.93. The number of carbonyl (C=O) groups is 2. The summed E-state index contributed by atoms with van der Waals surface area (Å²) >= 11 is 0. The first-order chi connectivity index (χ1) is 7.54. The molecule has 0 saturated carbocycles. The highest BCUT2D eigenvalue weighted by atomic mass is 16.4. The predicted molar refractivity (Wildman–Crippen MR) is 63.0 cm³/mol. The van der Waals surface area contributed by atoms with Crippen molar-refractivity contribution >= 4 is 11.9 Å². The minimum Gasteiger partial charge on any atom is -0.481 e. The van der Waals surface area contributed by atoms with Crippen LogP contribution in [0.15, 0.2) is 0 Å². The van der Waals surface area contributed by atoms with Crippen molar-refractivity contribution in [2.75, 3.05) is 20.2 Å². The van der Waals surface area contributed by atoms with Crippen LogP contribution in [0.3, 0.4) is 0 Å². The highest BCUT2D eigenvalue weighted by molar-refractivity contribution is 5.75. The maximum Gasteiger partial charge on any atom is 0.300 e. The maximum absolute atomic E-state index is 10.6. The van der Waals surface area contributed by atoms with Crippen LogP contribution >= 0.6 is 0 Å². The first-order valence-electron chi connectivity index (χ1n) is 5.15. The molecule has 6 nitrogen and oxygen atoms in total. The molecule has 0 aliphatic carbocycles. The van der Waals surface area contributed by atoms with Crippen LogP contribution in [0.25, 0.3) is 0 Å². The Morgan fingerprint density at radius 3 is 2.00 bits per heavy atom. The first kappa shape index (κ1) is 20.3. The number of hydrogen-bond acceptors (Lipinski definition) is 4. The third-order valence-corrected chi connectivity index (χ3v) is 1.27. The Bertz CT molecular complexity index is 159. The average Bonchev–Trinajstić information content (AvgIpc) is 2.26. The summed E-state index contributed by atoms with van der Waals surface area (Å²) in [7, 11) is 1.00. The van der Waals surface area contributed by atoms with Gasteiger partial charge in [-0.25, -0.2) is 0 Å². The molecule has 0 heterocycles. The summed E-state index contributed by atoms with van der Waals surface area (Å²) in [6, 6.07) is 0. The van der Waals surface area contributed by atoms with Crippen LogP contribution < -0.4 is 11.1 Å². The van der Waals surface area contributed by atoms with Gasteiger partial charge in [-0.15, -0.1) is 0 Å². The Morgan fingerprint density at radius 1 is 1.25 bits per heavy atom. The van der Waals surface area contributed by atoms with E-state index >= 15 is 0 Å². The van der Waals surface area contributed by atoms with Gasteiger partial charge in [-0.1, -0.05) is 6.92 Å². The summed E-state index contributed by atoms with van der Waals surface area (Å²) in [5.74, 6) is -0.711. The second kappa shape index (κ2) is 19.4. The molecular formula is C10H24N2O4. The Labute approximate surface area is 96.8 Å². The van der Waals surface area contributed by atoms with Gasteiger partial charge in [-0.3, -0.25) is 9.59 Å². The van der Waals surface area contributed by atoms with Crippen molar-refractivity contribution in [1.82, 2.24) is 5.32 Å². The van der Waals surface area contributed by atoms with Gasteiger partial charge in [0.1, 0.15) is 0 Å². The fraction of sp³-hybridized carbons (Fsp3) is 0.800. The van der Waals surface area contributed by atoms with Gasteiger partial charge in [0.05, 0.1) is 0 Å². The lowest BCUT2D eigenvalue weighted by Crippen LogP contribution is -2.23. The van der Waals surface area contributed by atoms with Crippen LogP contribution in [-0.4, -0.2) is 42.3 Å². The number of nitrogens with two attached hydrogens (primary N) is 1. The standard InChI is InChI=1S/C7H16N2O.C2H4O2.CH4O/c1-2-7(10)9-6-4-3-5-8;1-2(3)4;1-2/h2-6,8H2,1H3,(H,9,10);1H3,(H,3,4);2H,1H3. The van der Waals surface area contributed by atoms with Gasteiger partial charge in [0, 0.05) is 27.0 Å². The second-order valence-corrected chi connectivity index (χ2v) is 2.72. The molecule has 0 bridgehead atoms. The third-order valence-electron chi connectivity index (χ3n) is 1.27. The second-order valence-electron chi connectivity index (χ2n) is 2.72. The van der Waals surface area contributed by atoms with Crippen molar-refractivity contribution in [2.24, 2.45) is 5.73 Å². The molecule has 0 radical (unpaired) electrons. The minimum atomic E-state index is -0.833. The van der Waals surface area contributed by atoms with Crippen molar-refractivity contribution < 1.29 is 19.8 Å². The topological polar surface area (TPSA) is 113 Å². The Hall–Kier alpha value is -1.14. The summed E-state index contributed by atoms with van der Waals surface area (Å²) < 4.78 is 0. The van der Waals surface area contributed by atoms with Gasteiger partial charge in [0.15, 0.2) is 0 Å². The molecule has 16 heavy (non-hydrogen) atoms. The van der Waals surface area contributed by atoms with Crippen LogP contribution in [0.2, 0.25) is 0 Å². The van der Waals surface area contributed by atoms with Gasteiger partial charge in [-0.2, -0.15) is 0 Å². The monoisotopic (exact) mass is 236 g/mol. The summed E-state index contributed by atoms with van der Waals surface area (Å²) in [4.78, 5) is 19.6. The van der Waals surface area contributed by atoms with Crippen LogP contribution in [-0.2, 0) is 9.59 Å². The maximum atomic E-state index is 10.6. The SMILES string of the molecule is CC(=O)O.CCC(=O)NCCCCN.CO. The van der Waals surface area contributed by atoms with Gasteiger partial charge in [0.2, 0.25) is 5.91 Å². The normalized spacial score (nSPS) is 7.81. The van der Waals surface area contributed by atoms with Crippen molar-refractivity contribution in [3.8, 4) is 0 Å². The molecule has 0 rings (SSSR count). The molecule has 5 N–H and O–H groups in total. The minimum absolute atomic E-state index is 0.122. The van der Waals surface area contributed by atoms with E-state index < -0.39 is 5.97 Å². The van der Waals surface area contributed by atoms with Gasteiger partial charge in [0.25, 0.3) is 5.97 Å². The van der Waals surface area contributed by atoms with Crippen LogP contribution in [0, 0.1) is 0 Å². The van der Waals surface area contributed by atoms with E-state index in [1.54, 1.807) is 0 Å². The van der Waals surface area contributed by atoms with E-state index in [9.17, 15) is 4.79 Å². The smallest absolute Gasteiger partial charge is 0.300 e. The van der Waals surface area contributed by atoms with Crippen LogP contribution in [0.1, 0.15) is 33.1 Å². The van der Waals surface area contributed by atoms with Crippen LogP contribution in [0.4, 0.5) is 0 Å². The zero-order valence-electron chi connectivity index (χ0n) is 10.3. The third kappa shape index (κ3) is 38.4. The van der Waals surface area contributed by atoms with Crippen LogP contribution in [0.5, 0.6) is 0 Å². The molecule has 0 aromatic carbocycles. The molecular weight excluding hydrogens is 212 g/mol. The number of hydrogen-bond donors (Lipinski definition) is 4. The lowest BCUT2D eigenvalue weighted by Gasteiger charge is -2.00. The number of carboxylic acid groups (broad SMARTS) is 1. The summed E-state index contributed by atoms with van der Waals surface area (Å²) in [5.41, 5.74) is 5.27.